The molecule has 0 aliphatic heterocycles. The fourth-order valence-corrected chi connectivity index (χ4v) is 2.31. The molecule has 0 aliphatic carbocycles. The molecule has 0 saturated carbocycles. The van der Waals surface area contributed by atoms with E-state index < -0.39 is 0 Å². The fourth-order valence-electron chi connectivity index (χ4n) is 2.10. The van der Waals surface area contributed by atoms with E-state index in [4.69, 9.17) is 26.8 Å². The summed E-state index contributed by atoms with van der Waals surface area (Å²) in [7, 11) is 0. The zero-order valence-electron chi connectivity index (χ0n) is 12.8. The quantitative estimate of drug-likeness (QED) is 0.591. The zero-order chi connectivity index (χ0) is 16.1. The molecule has 3 nitrogen and oxygen atoms in total. The molecule has 0 saturated heterocycles. The van der Waals surface area contributed by atoms with Crippen LogP contribution in [0.4, 0.5) is 5.69 Å². The largest absolute Gasteiger partial charge is 0.489 e. The monoisotopic (exact) mass is 361 g/mol. The molecule has 0 aromatic heterocycles. The zero-order valence-corrected chi connectivity index (χ0v) is 14.4. The van der Waals surface area contributed by atoms with Gasteiger partial charge in [-0.05, 0) is 54.1 Å². The number of hydrogen-bond donors (Lipinski definition) is 1. The van der Waals surface area contributed by atoms with E-state index in [0.29, 0.717) is 28.8 Å². The van der Waals surface area contributed by atoms with Crippen molar-refractivity contribution in [2.75, 3.05) is 5.73 Å². The van der Waals surface area contributed by atoms with Crippen molar-refractivity contribution in [1.82, 2.24) is 0 Å². The van der Waals surface area contributed by atoms with Crippen LogP contribution in [-0.2, 0) is 6.61 Å². The Bertz CT molecular complexity index is 791. The van der Waals surface area contributed by atoms with Crippen molar-refractivity contribution >= 4 is 29.7 Å². The molecule has 0 fully saturated rings. The number of nitrogen functional groups attached to an aromatic ring is 1. The van der Waals surface area contributed by atoms with Crippen molar-refractivity contribution < 1.29 is 9.47 Å². The molecule has 124 valence electrons. The van der Waals surface area contributed by atoms with Gasteiger partial charge in [-0.1, -0.05) is 35.9 Å². The highest BCUT2D eigenvalue weighted by Gasteiger charge is 2.02. The number of anilines is 1. The number of para-hydroxylation sites is 2. The van der Waals surface area contributed by atoms with Crippen LogP contribution in [0.5, 0.6) is 17.2 Å². The minimum absolute atomic E-state index is 0. The first kappa shape index (κ1) is 18.0. The smallest absolute Gasteiger partial charge is 0.150 e. The first-order chi connectivity index (χ1) is 11.2. The van der Waals surface area contributed by atoms with Gasteiger partial charge in [0.05, 0.1) is 5.69 Å². The summed E-state index contributed by atoms with van der Waals surface area (Å²) in [6.07, 6.45) is 0. The van der Waals surface area contributed by atoms with Crippen molar-refractivity contribution in [2.24, 2.45) is 0 Å². The molecular weight excluding hydrogens is 345 g/mol. The summed E-state index contributed by atoms with van der Waals surface area (Å²) in [6.45, 7) is 0.465. The van der Waals surface area contributed by atoms with Gasteiger partial charge in [-0.3, -0.25) is 0 Å². The number of halogens is 2. The van der Waals surface area contributed by atoms with Gasteiger partial charge >= 0.3 is 0 Å². The normalized spacial score (nSPS) is 9.88. The van der Waals surface area contributed by atoms with Crippen molar-refractivity contribution in [3.05, 3.63) is 83.4 Å². The molecule has 0 radical (unpaired) electrons. The Morgan fingerprint density at radius 1 is 0.833 bits per heavy atom. The van der Waals surface area contributed by atoms with Gasteiger partial charge in [0, 0.05) is 5.02 Å². The molecule has 0 amide bonds. The second-order valence-electron chi connectivity index (χ2n) is 5.03. The van der Waals surface area contributed by atoms with Gasteiger partial charge in [0.25, 0.3) is 0 Å². The molecule has 0 bridgehead atoms. The highest BCUT2D eigenvalue weighted by atomic mass is 35.5. The van der Waals surface area contributed by atoms with Crippen LogP contribution in [0.1, 0.15) is 5.56 Å². The van der Waals surface area contributed by atoms with Gasteiger partial charge in [0.1, 0.15) is 23.9 Å². The molecule has 0 spiro atoms. The van der Waals surface area contributed by atoms with Crippen LogP contribution >= 0.6 is 24.0 Å². The predicted molar refractivity (Wildman–Crippen MR) is 100 cm³/mol. The molecule has 3 rings (SSSR count). The van der Waals surface area contributed by atoms with E-state index in [0.717, 1.165) is 11.3 Å². The highest BCUT2D eigenvalue weighted by molar-refractivity contribution is 6.30. The Labute approximate surface area is 152 Å². The van der Waals surface area contributed by atoms with E-state index in [1.807, 2.05) is 66.7 Å². The Balaban J connectivity index is 0.00000208. The molecule has 0 heterocycles. The third kappa shape index (κ3) is 4.82. The van der Waals surface area contributed by atoms with Crippen molar-refractivity contribution in [1.29, 1.82) is 0 Å². The molecule has 24 heavy (non-hydrogen) atoms. The Hall–Kier alpha value is -2.36. The summed E-state index contributed by atoms with van der Waals surface area (Å²) in [5.41, 5.74) is 7.49. The molecule has 0 aliphatic rings. The van der Waals surface area contributed by atoms with E-state index in [2.05, 4.69) is 0 Å². The van der Waals surface area contributed by atoms with Gasteiger partial charge in [-0.2, -0.15) is 0 Å². The third-order valence-corrected chi connectivity index (χ3v) is 3.50. The molecule has 3 aromatic rings. The number of ether oxygens (including phenoxy) is 2. The number of benzene rings is 3. The van der Waals surface area contributed by atoms with Crippen molar-refractivity contribution in [3.8, 4) is 17.2 Å². The number of rotatable bonds is 5. The van der Waals surface area contributed by atoms with E-state index in [-0.39, 0.29) is 12.4 Å². The molecular formula is C19H17Cl2NO2. The Kier molecular flexibility index (Phi) is 6.36. The molecule has 2 N–H and O–H groups in total. The SMILES string of the molecule is Cl.Nc1ccccc1Oc1ccc(OCc2cccc(Cl)c2)cc1. The van der Waals surface area contributed by atoms with Crippen molar-refractivity contribution in [3.63, 3.8) is 0 Å². The van der Waals surface area contributed by atoms with Crippen LogP contribution in [-0.4, -0.2) is 0 Å². The van der Waals surface area contributed by atoms with Crippen LogP contribution in [0.3, 0.4) is 0 Å². The summed E-state index contributed by atoms with van der Waals surface area (Å²) in [5.74, 6) is 2.11. The van der Waals surface area contributed by atoms with Gasteiger partial charge in [0.2, 0.25) is 0 Å². The van der Waals surface area contributed by atoms with E-state index in [1.54, 1.807) is 6.07 Å². The lowest BCUT2D eigenvalue weighted by atomic mass is 10.2. The van der Waals surface area contributed by atoms with Gasteiger partial charge in [-0.15, -0.1) is 12.4 Å². The predicted octanol–water partition coefficient (Wildman–Crippen LogP) is 5.72. The summed E-state index contributed by atoms with van der Waals surface area (Å²) in [6, 6.07) is 22.4. The topological polar surface area (TPSA) is 44.5 Å². The second kappa shape index (κ2) is 8.48. The standard InChI is InChI=1S/C19H16ClNO2.ClH/c20-15-5-3-4-14(12-15)13-22-16-8-10-17(11-9-16)23-19-7-2-1-6-18(19)21;/h1-12H,13,21H2;1H. The third-order valence-electron chi connectivity index (χ3n) is 3.27. The lowest BCUT2D eigenvalue weighted by Gasteiger charge is -2.10. The minimum atomic E-state index is 0. The van der Waals surface area contributed by atoms with Crippen molar-refractivity contribution in [2.45, 2.75) is 6.61 Å². The maximum absolute atomic E-state index is 5.95. The average molecular weight is 362 g/mol. The van der Waals surface area contributed by atoms with Crippen LogP contribution < -0.4 is 15.2 Å². The molecule has 5 heteroatoms. The average Bonchev–Trinajstić information content (AvgIpc) is 2.56. The Morgan fingerprint density at radius 3 is 2.25 bits per heavy atom. The molecule has 3 aromatic carbocycles. The van der Waals surface area contributed by atoms with E-state index in [1.165, 1.54) is 0 Å². The number of nitrogens with two attached hydrogens (primary N) is 1. The summed E-state index contributed by atoms with van der Waals surface area (Å²) in [4.78, 5) is 0. The van der Waals surface area contributed by atoms with E-state index >= 15 is 0 Å². The van der Waals surface area contributed by atoms with Gasteiger partial charge in [0.15, 0.2) is 0 Å². The van der Waals surface area contributed by atoms with Gasteiger partial charge < -0.3 is 15.2 Å². The minimum Gasteiger partial charge on any atom is -0.489 e. The number of hydrogen-bond acceptors (Lipinski definition) is 3. The lowest BCUT2D eigenvalue weighted by Crippen LogP contribution is -1.95. The van der Waals surface area contributed by atoms with Crippen LogP contribution in [0.25, 0.3) is 0 Å². The highest BCUT2D eigenvalue weighted by Crippen LogP contribution is 2.28. The Morgan fingerprint density at radius 2 is 1.54 bits per heavy atom. The first-order valence-corrected chi connectivity index (χ1v) is 7.58. The summed E-state index contributed by atoms with van der Waals surface area (Å²) in [5, 5.41) is 0.704. The maximum Gasteiger partial charge on any atom is 0.150 e. The lowest BCUT2D eigenvalue weighted by molar-refractivity contribution is 0.306. The summed E-state index contributed by atoms with van der Waals surface area (Å²) >= 11 is 5.95. The molecule has 0 atom stereocenters. The second-order valence-corrected chi connectivity index (χ2v) is 5.47. The summed E-state index contributed by atoms with van der Waals surface area (Å²) < 4.78 is 11.5. The molecule has 0 unspecified atom stereocenters. The fraction of sp³-hybridized carbons (Fsp3) is 0.0526. The van der Waals surface area contributed by atoms with Gasteiger partial charge in [-0.25, -0.2) is 0 Å². The van der Waals surface area contributed by atoms with Crippen LogP contribution in [0, 0.1) is 0 Å². The van der Waals surface area contributed by atoms with Crippen LogP contribution in [0.2, 0.25) is 5.02 Å². The first-order valence-electron chi connectivity index (χ1n) is 7.20. The maximum atomic E-state index is 5.95. The van der Waals surface area contributed by atoms with Crippen LogP contribution in [0.15, 0.2) is 72.8 Å². The van der Waals surface area contributed by atoms with E-state index in [9.17, 15) is 0 Å².